The third-order valence-corrected chi connectivity index (χ3v) is 6.13. The molecule has 2 heterocycles. The molecule has 6 nitrogen and oxygen atoms in total. The summed E-state index contributed by atoms with van der Waals surface area (Å²) in [5, 5.41) is 12.9. The maximum atomic E-state index is 12.4. The lowest BCUT2D eigenvalue weighted by Crippen LogP contribution is -2.27. The zero-order valence-corrected chi connectivity index (χ0v) is 16.9. The molecular formula is C21H23N5OS. The minimum atomic E-state index is 0.135. The van der Waals surface area contributed by atoms with E-state index < -0.39 is 0 Å². The number of benzene rings is 2. The van der Waals surface area contributed by atoms with Crippen LogP contribution in [0.15, 0.2) is 47.6 Å². The van der Waals surface area contributed by atoms with Crippen LogP contribution in [-0.2, 0) is 5.75 Å². The van der Waals surface area contributed by atoms with Crippen LogP contribution in [0.25, 0.3) is 5.69 Å². The average Bonchev–Trinajstić information content (AvgIpc) is 3.40. The lowest BCUT2D eigenvalue weighted by Gasteiger charge is -2.15. The number of rotatable bonds is 5. The Kier molecular flexibility index (Phi) is 5.43. The number of thioether (sulfide) groups is 1. The highest BCUT2D eigenvalue weighted by molar-refractivity contribution is 7.98. The minimum Gasteiger partial charge on any atom is -0.339 e. The minimum absolute atomic E-state index is 0.135. The first-order valence-electron chi connectivity index (χ1n) is 9.49. The van der Waals surface area contributed by atoms with Gasteiger partial charge in [-0.3, -0.25) is 4.79 Å². The van der Waals surface area contributed by atoms with Crippen LogP contribution >= 0.6 is 11.8 Å². The summed E-state index contributed by atoms with van der Waals surface area (Å²) in [6, 6.07) is 14.1. The van der Waals surface area contributed by atoms with Crippen LogP contribution in [-0.4, -0.2) is 44.1 Å². The number of tetrazole rings is 1. The van der Waals surface area contributed by atoms with E-state index in [0.717, 1.165) is 53.7 Å². The van der Waals surface area contributed by atoms with Crippen molar-refractivity contribution in [3.05, 3.63) is 64.7 Å². The molecule has 1 amide bonds. The van der Waals surface area contributed by atoms with E-state index in [0.29, 0.717) is 0 Å². The number of hydrogen-bond donors (Lipinski definition) is 0. The number of amides is 1. The molecule has 2 aromatic carbocycles. The monoisotopic (exact) mass is 393 g/mol. The van der Waals surface area contributed by atoms with Gasteiger partial charge in [-0.15, -0.1) is 5.10 Å². The summed E-state index contributed by atoms with van der Waals surface area (Å²) in [5.74, 6) is 0.874. The second kappa shape index (κ2) is 8.14. The lowest BCUT2D eigenvalue weighted by molar-refractivity contribution is 0.0793. The third kappa shape index (κ3) is 3.94. The normalized spacial score (nSPS) is 13.9. The number of aryl methyl sites for hydroxylation is 2. The van der Waals surface area contributed by atoms with E-state index in [4.69, 9.17) is 0 Å². The first-order valence-corrected chi connectivity index (χ1v) is 10.5. The van der Waals surface area contributed by atoms with Crippen LogP contribution in [0.3, 0.4) is 0 Å². The largest absolute Gasteiger partial charge is 0.339 e. The second-order valence-electron chi connectivity index (χ2n) is 7.13. The quantitative estimate of drug-likeness (QED) is 0.617. The number of carbonyl (C=O) groups excluding carboxylic acids is 1. The van der Waals surface area contributed by atoms with Crippen molar-refractivity contribution in [2.24, 2.45) is 0 Å². The average molecular weight is 394 g/mol. The van der Waals surface area contributed by atoms with Gasteiger partial charge in [-0.2, -0.15) is 4.68 Å². The molecule has 0 spiro atoms. The van der Waals surface area contributed by atoms with E-state index >= 15 is 0 Å². The molecule has 0 atom stereocenters. The number of nitrogens with zero attached hydrogens (tertiary/aromatic N) is 5. The van der Waals surface area contributed by atoms with Gasteiger partial charge in [0.15, 0.2) is 0 Å². The number of carbonyl (C=O) groups is 1. The summed E-state index contributed by atoms with van der Waals surface area (Å²) >= 11 is 1.58. The van der Waals surface area contributed by atoms with Gasteiger partial charge >= 0.3 is 0 Å². The molecule has 3 aromatic rings. The van der Waals surface area contributed by atoms with Gasteiger partial charge in [-0.1, -0.05) is 30.0 Å². The van der Waals surface area contributed by atoms with Crippen molar-refractivity contribution in [1.29, 1.82) is 0 Å². The molecule has 28 heavy (non-hydrogen) atoms. The molecule has 0 unspecified atom stereocenters. The van der Waals surface area contributed by atoms with Gasteiger partial charge in [0.1, 0.15) is 0 Å². The van der Waals surface area contributed by atoms with Crippen LogP contribution in [0.4, 0.5) is 0 Å². The van der Waals surface area contributed by atoms with Crippen LogP contribution in [0, 0.1) is 13.8 Å². The van der Waals surface area contributed by atoms with E-state index in [2.05, 4.69) is 41.5 Å². The Hall–Kier alpha value is -2.67. The first-order chi connectivity index (χ1) is 13.6. The van der Waals surface area contributed by atoms with Crippen LogP contribution < -0.4 is 0 Å². The fourth-order valence-corrected chi connectivity index (χ4v) is 4.13. The van der Waals surface area contributed by atoms with Crippen molar-refractivity contribution in [2.45, 2.75) is 37.6 Å². The van der Waals surface area contributed by atoms with Crippen molar-refractivity contribution in [2.75, 3.05) is 13.1 Å². The molecule has 0 saturated carbocycles. The molecule has 1 aliphatic rings. The fourth-order valence-electron chi connectivity index (χ4n) is 3.28. The standard InChI is InChI=1S/C21H23N5OS/c1-15-5-10-19(13-16(15)2)26-21(22-23-24-26)28-14-17-6-8-18(9-7-17)20(27)25-11-3-4-12-25/h5-10,13H,3-4,11-12,14H2,1-2H3. The number of aromatic nitrogens is 4. The van der Waals surface area contributed by atoms with Gasteiger partial charge in [0.05, 0.1) is 5.69 Å². The van der Waals surface area contributed by atoms with Gasteiger partial charge < -0.3 is 4.90 Å². The Morgan fingerprint density at radius 1 is 1.04 bits per heavy atom. The summed E-state index contributed by atoms with van der Waals surface area (Å²) in [7, 11) is 0. The summed E-state index contributed by atoms with van der Waals surface area (Å²) < 4.78 is 1.77. The molecule has 1 saturated heterocycles. The Morgan fingerprint density at radius 3 is 2.50 bits per heavy atom. The molecule has 0 bridgehead atoms. The Bertz CT molecular complexity index is 977. The van der Waals surface area contributed by atoms with Crippen molar-refractivity contribution < 1.29 is 4.79 Å². The number of likely N-dealkylation sites (tertiary alicyclic amines) is 1. The van der Waals surface area contributed by atoms with Crippen LogP contribution in [0.5, 0.6) is 0 Å². The predicted octanol–water partition coefficient (Wildman–Crippen LogP) is 3.81. The summed E-state index contributed by atoms with van der Waals surface area (Å²) in [6.07, 6.45) is 2.21. The Morgan fingerprint density at radius 2 is 1.79 bits per heavy atom. The Balaban J connectivity index is 1.43. The zero-order valence-electron chi connectivity index (χ0n) is 16.1. The van der Waals surface area contributed by atoms with Crippen molar-refractivity contribution in [1.82, 2.24) is 25.1 Å². The topological polar surface area (TPSA) is 63.9 Å². The van der Waals surface area contributed by atoms with Crippen molar-refractivity contribution in [3.8, 4) is 5.69 Å². The van der Waals surface area contributed by atoms with E-state index in [9.17, 15) is 4.79 Å². The highest BCUT2D eigenvalue weighted by Crippen LogP contribution is 2.24. The molecule has 144 valence electrons. The van der Waals surface area contributed by atoms with Gasteiger partial charge in [0.25, 0.3) is 5.91 Å². The van der Waals surface area contributed by atoms with E-state index in [1.54, 1.807) is 16.4 Å². The molecule has 1 fully saturated rings. The summed E-state index contributed by atoms with van der Waals surface area (Å²) in [6.45, 7) is 5.92. The van der Waals surface area contributed by atoms with Crippen LogP contribution in [0.1, 0.15) is 39.9 Å². The summed E-state index contributed by atoms with van der Waals surface area (Å²) in [4.78, 5) is 14.4. The highest BCUT2D eigenvalue weighted by Gasteiger charge is 2.19. The molecule has 0 radical (unpaired) electrons. The SMILES string of the molecule is Cc1ccc(-n2nnnc2SCc2ccc(C(=O)N3CCCC3)cc2)cc1C. The lowest BCUT2D eigenvalue weighted by atomic mass is 10.1. The molecule has 0 N–H and O–H groups in total. The molecule has 0 aliphatic carbocycles. The zero-order chi connectivity index (χ0) is 19.5. The third-order valence-electron chi connectivity index (χ3n) is 5.14. The van der Waals surface area contributed by atoms with Crippen molar-refractivity contribution >= 4 is 17.7 Å². The smallest absolute Gasteiger partial charge is 0.253 e. The van der Waals surface area contributed by atoms with E-state index in [-0.39, 0.29) is 5.91 Å². The first kappa shape index (κ1) is 18.7. The second-order valence-corrected chi connectivity index (χ2v) is 8.07. The fraction of sp³-hybridized carbons (Fsp3) is 0.333. The maximum Gasteiger partial charge on any atom is 0.253 e. The molecule has 1 aromatic heterocycles. The highest BCUT2D eigenvalue weighted by atomic mass is 32.2. The van der Waals surface area contributed by atoms with Gasteiger partial charge in [0, 0.05) is 24.4 Å². The van der Waals surface area contributed by atoms with Crippen LogP contribution in [0.2, 0.25) is 0 Å². The maximum absolute atomic E-state index is 12.4. The van der Waals surface area contributed by atoms with Crippen molar-refractivity contribution in [3.63, 3.8) is 0 Å². The van der Waals surface area contributed by atoms with Gasteiger partial charge in [-0.25, -0.2) is 0 Å². The molecule has 7 heteroatoms. The predicted molar refractivity (Wildman–Crippen MR) is 110 cm³/mol. The van der Waals surface area contributed by atoms with E-state index in [1.165, 1.54) is 11.1 Å². The Labute approximate surface area is 168 Å². The van der Waals surface area contributed by atoms with E-state index in [1.807, 2.05) is 35.2 Å². The summed E-state index contributed by atoms with van der Waals surface area (Å²) in [5.41, 5.74) is 5.31. The molecule has 1 aliphatic heterocycles. The van der Waals surface area contributed by atoms with Gasteiger partial charge in [0.2, 0.25) is 5.16 Å². The van der Waals surface area contributed by atoms with Gasteiger partial charge in [-0.05, 0) is 78.1 Å². The molecular weight excluding hydrogens is 370 g/mol. The molecule has 4 rings (SSSR count). The number of hydrogen-bond acceptors (Lipinski definition) is 5.